The lowest BCUT2D eigenvalue weighted by atomic mass is 10.2. The molecule has 2 heterocycles. The summed E-state index contributed by atoms with van der Waals surface area (Å²) in [4.78, 5) is 8.60. The van der Waals surface area contributed by atoms with E-state index in [4.69, 9.17) is 11.6 Å². The number of pyridine rings is 1. The molecular weight excluding hydrogens is 222 g/mol. The van der Waals surface area contributed by atoms with Gasteiger partial charge in [-0.3, -0.25) is 0 Å². The summed E-state index contributed by atoms with van der Waals surface area (Å²) >= 11 is 5.95. The van der Waals surface area contributed by atoms with Crippen molar-refractivity contribution in [2.24, 2.45) is 5.92 Å². The van der Waals surface area contributed by atoms with Crippen LogP contribution >= 0.6 is 11.6 Å². The lowest BCUT2D eigenvalue weighted by Gasteiger charge is -2.15. The molecule has 0 bridgehead atoms. The molecule has 0 aliphatic heterocycles. The van der Waals surface area contributed by atoms with Gasteiger partial charge in [-0.05, 0) is 32.6 Å². The number of hydrogen-bond acceptors (Lipinski definition) is 2. The fourth-order valence-corrected chi connectivity index (χ4v) is 2.55. The SMILES string of the molecule is Cc1nc2cnc(Cl)cc2n1C(C)C1CC1. The zero-order valence-electron chi connectivity index (χ0n) is 9.44. The van der Waals surface area contributed by atoms with Crippen LogP contribution in [-0.4, -0.2) is 14.5 Å². The van der Waals surface area contributed by atoms with Gasteiger partial charge in [-0.15, -0.1) is 0 Å². The van der Waals surface area contributed by atoms with Crippen molar-refractivity contribution in [2.75, 3.05) is 0 Å². The first-order valence-corrected chi connectivity index (χ1v) is 6.04. The van der Waals surface area contributed by atoms with Crippen molar-refractivity contribution in [2.45, 2.75) is 32.7 Å². The second-order valence-electron chi connectivity index (χ2n) is 4.60. The standard InChI is InChI=1S/C12H14ClN3/c1-7(9-3-4-9)16-8(2)15-10-6-14-12(13)5-11(10)16/h5-7,9H,3-4H2,1-2H3. The molecule has 84 valence electrons. The Morgan fingerprint density at radius 1 is 1.50 bits per heavy atom. The fraction of sp³-hybridized carbons (Fsp3) is 0.500. The monoisotopic (exact) mass is 235 g/mol. The average molecular weight is 236 g/mol. The summed E-state index contributed by atoms with van der Waals surface area (Å²) in [5, 5.41) is 0.539. The molecule has 16 heavy (non-hydrogen) atoms. The minimum absolute atomic E-state index is 0.517. The number of hydrogen-bond donors (Lipinski definition) is 0. The first kappa shape index (κ1) is 10.1. The molecule has 2 aromatic heterocycles. The van der Waals surface area contributed by atoms with Crippen molar-refractivity contribution in [3.8, 4) is 0 Å². The molecule has 4 heteroatoms. The third-order valence-corrected chi connectivity index (χ3v) is 3.64. The molecule has 3 nitrogen and oxygen atoms in total. The van der Waals surface area contributed by atoms with Crippen LogP contribution in [0.5, 0.6) is 0 Å². The van der Waals surface area contributed by atoms with Gasteiger partial charge in [-0.25, -0.2) is 9.97 Å². The molecule has 1 fully saturated rings. The van der Waals surface area contributed by atoms with E-state index in [2.05, 4.69) is 21.5 Å². The Kier molecular flexibility index (Phi) is 2.18. The van der Waals surface area contributed by atoms with E-state index >= 15 is 0 Å². The van der Waals surface area contributed by atoms with Gasteiger partial charge in [0.05, 0.1) is 11.7 Å². The molecule has 1 aliphatic rings. The van der Waals surface area contributed by atoms with Crippen molar-refractivity contribution < 1.29 is 0 Å². The molecular formula is C12H14ClN3. The molecule has 3 rings (SSSR count). The fourth-order valence-electron chi connectivity index (χ4n) is 2.40. The number of aryl methyl sites for hydroxylation is 1. The maximum Gasteiger partial charge on any atom is 0.131 e. The first-order chi connectivity index (χ1) is 7.66. The molecule has 0 radical (unpaired) electrons. The van der Waals surface area contributed by atoms with Gasteiger partial charge in [0.25, 0.3) is 0 Å². The van der Waals surface area contributed by atoms with Gasteiger partial charge in [-0.1, -0.05) is 11.6 Å². The number of aromatic nitrogens is 3. The Morgan fingerprint density at radius 2 is 2.25 bits per heavy atom. The van der Waals surface area contributed by atoms with E-state index in [1.807, 2.05) is 13.0 Å². The zero-order chi connectivity index (χ0) is 11.3. The highest BCUT2D eigenvalue weighted by Gasteiger charge is 2.30. The Hall–Kier alpha value is -1.09. The van der Waals surface area contributed by atoms with Gasteiger partial charge in [0.1, 0.15) is 16.5 Å². The summed E-state index contributed by atoms with van der Waals surface area (Å²) < 4.78 is 2.29. The smallest absolute Gasteiger partial charge is 0.131 e. The van der Waals surface area contributed by atoms with E-state index < -0.39 is 0 Å². The van der Waals surface area contributed by atoms with Crippen LogP contribution < -0.4 is 0 Å². The number of fused-ring (bicyclic) bond motifs is 1. The van der Waals surface area contributed by atoms with Crippen LogP contribution in [0.4, 0.5) is 0 Å². The maximum absolute atomic E-state index is 5.95. The highest BCUT2D eigenvalue weighted by atomic mass is 35.5. The quantitative estimate of drug-likeness (QED) is 0.748. The van der Waals surface area contributed by atoms with E-state index in [1.54, 1.807) is 6.20 Å². The van der Waals surface area contributed by atoms with Crippen LogP contribution in [0.2, 0.25) is 5.15 Å². The second-order valence-corrected chi connectivity index (χ2v) is 4.99. The normalized spacial score (nSPS) is 17.9. The number of imidazole rings is 1. The lowest BCUT2D eigenvalue weighted by Crippen LogP contribution is -2.08. The predicted octanol–water partition coefficient (Wildman–Crippen LogP) is 3.36. The summed E-state index contributed by atoms with van der Waals surface area (Å²) in [6.45, 7) is 4.31. The van der Waals surface area contributed by atoms with Gasteiger partial charge in [0.2, 0.25) is 0 Å². The topological polar surface area (TPSA) is 30.7 Å². The van der Waals surface area contributed by atoms with Crippen molar-refractivity contribution in [3.05, 3.63) is 23.2 Å². The van der Waals surface area contributed by atoms with Gasteiger partial charge < -0.3 is 4.57 Å². The third-order valence-electron chi connectivity index (χ3n) is 3.43. The highest BCUT2D eigenvalue weighted by molar-refractivity contribution is 6.29. The highest BCUT2D eigenvalue weighted by Crippen LogP contribution is 2.41. The van der Waals surface area contributed by atoms with Crippen LogP contribution in [0, 0.1) is 12.8 Å². The molecule has 0 aromatic carbocycles. The molecule has 1 atom stereocenters. The molecule has 1 unspecified atom stereocenters. The van der Waals surface area contributed by atoms with Crippen molar-refractivity contribution in [1.82, 2.24) is 14.5 Å². The van der Waals surface area contributed by atoms with Crippen LogP contribution in [0.15, 0.2) is 12.3 Å². The summed E-state index contributed by atoms with van der Waals surface area (Å²) in [5.41, 5.74) is 2.05. The van der Waals surface area contributed by atoms with Crippen LogP contribution in [0.1, 0.15) is 31.6 Å². The zero-order valence-corrected chi connectivity index (χ0v) is 10.2. The van der Waals surface area contributed by atoms with E-state index in [-0.39, 0.29) is 0 Å². The molecule has 1 aliphatic carbocycles. The van der Waals surface area contributed by atoms with Crippen molar-refractivity contribution in [3.63, 3.8) is 0 Å². The van der Waals surface area contributed by atoms with Gasteiger partial charge in [0.15, 0.2) is 0 Å². The number of nitrogens with zero attached hydrogens (tertiary/aromatic N) is 3. The Bertz CT molecular complexity index is 542. The molecule has 0 N–H and O–H groups in total. The molecule has 0 amide bonds. The summed E-state index contributed by atoms with van der Waals surface area (Å²) in [6, 6.07) is 2.43. The lowest BCUT2D eigenvalue weighted by molar-refractivity contribution is 0.487. The van der Waals surface area contributed by atoms with Crippen LogP contribution in [0.25, 0.3) is 11.0 Å². The Morgan fingerprint density at radius 3 is 2.94 bits per heavy atom. The van der Waals surface area contributed by atoms with Crippen molar-refractivity contribution in [1.29, 1.82) is 0 Å². The van der Waals surface area contributed by atoms with Gasteiger partial charge in [0, 0.05) is 12.1 Å². The van der Waals surface area contributed by atoms with E-state index in [0.717, 1.165) is 22.8 Å². The summed E-state index contributed by atoms with van der Waals surface area (Å²) in [5.74, 6) is 1.86. The maximum atomic E-state index is 5.95. The van der Waals surface area contributed by atoms with Crippen LogP contribution in [0.3, 0.4) is 0 Å². The molecule has 0 saturated heterocycles. The minimum Gasteiger partial charge on any atom is -0.325 e. The number of rotatable bonds is 2. The largest absolute Gasteiger partial charge is 0.325 e. The minimum atomic E-state index is 0.517. The predicted molar refractivity (Wildman–Crippen MR) is 64.7 cm³/mol. The summed E-state index contributed by atoms with van der Waals surface area (Å²) in [6.07, 6.45) is 4.42. The molecule has 0 spiro atoms. The third kappa shape index (κ3) is 1.50. The van der Waals surface area contributed by atoms with Gasteiger partial charge in [-0.2, -0.15) is 0 Å². The number of halogens is 1. The Labute approximate surface area is 99.5 Å². The van der Waals surface area contributed by atoms with E-state index in [1.165, 1.54) is 12.8 Å². The van der Waals surface area contributed by atoms with Crippen molar-refractivity contribution >= 4 is 22.6 Å². The average Bonchev–Trinajstić information content (AvgIpc) is 3.01. The molecule has 2 aromatic rings. The first-order valence-electron chi connectivity index (χ1n) is 5.67. The second kappa shape index (κ2) is 3.45. The molecule has 1 saturated carbocycles. The van der Waals surface area contributed by atoms with E-state index in [0.29, 0.717) is 11.2 Å². The van der Waals surface area contributed by atoms with Crippen LogP contribution in [-0.2, 0) is 0 Å². The Balaban J connectivity index is 2.20. The summed E-state index contributed by atoms with van der Waals surface area (Å²) in [7, 11) is 0. The van der Waals surface area contributed by atoms with E-state index in [9.17, 15) is 0 Å². The van der Waals surface area contributed by atoms with Gasteiger partial charge >= 0.3 is 0 Å².